The summed E-state index contributed by atoms with van der Waals surface area (Å²) in [5, 5.41) is 2.96. The maximum Gasteiger partial charge on any atom is 0.238 e. The molecule has 0 saturated carbocycles. The number of amides is 1. The number of carbonyl (C=O) groups is 1. The van der Waals surface area contributed by atoms with Gasteiger partial charge in [-0.2, -0.15) is 0 Å². The van der Waals surface area contributed by atoms with Gasteiger partial charge >= 0.3 is 0 Å². The number of carbonyl (C=O) groups excluding carboxylic acids is 1. The average Bonchev–Trinajstić information content (AvgIpc) is 2.51. The van der Waals surface area contributed by atoms with Gasteiger partial charge in [0, 0.05) is 17.1 Å². The molecule has 0 aliphatic rings. The van der Waals surface area contributed by atoms with Crippen LogP contribution in [0.3, 0.4) is 0 Å². The summed E-state index contributed by atoms with van der Waals surface area (Å²) in [6.45, 7) is 5.25. The summed E-state index contributed by atoms with van der Waals surface area (Å²) in [4.78, 5) is 15.4. The predicted octanol–water partition coefficient (Wildman–Crippen LogP) is 4.10. The quantitative estimate of drug-likeness (QED) is 0.811. The van der Waals surface area contributed by atoms with Gasteiger partial charge in [0.15, 0.2) is 0 Å². The van der Waals surface area contributed by atoms with E-state index in [0.29, 0.717) is 6.54 Å². The lowest BCUT2D eigenvalue weighted by molar-refractivity contribution is -0.117. The highest BCUT2D eigenvalue weighted by Crippen LogP contribution is 2.16. The average molecular weight is 328 g/mol. The summed E-state index contributed by atoms with van der Waals surface area (Å²) >= 11 is 1.73. The number of hydrogen-bond acceptors (Lipinski definition) is 3. The van der Waals surface area contributed by atoms with Gasteiger partial charge in [-0.15, -0.1) is 11.8 Å². The zero-order valence-corrected chi connectivity index (χ0v) is 15.0. The van der Waals surface area contributed by atoms with Crippen molar-refractivity contribution in [2.24, 2.45) is 0 Å². The lowest BCUT2D eigenvalue weighted by atomic mass is 10.1. The number of rotatable bonds is 6. The van der Waals surface area contributed by atoms with Crippen molar-refractivity contribution in [2.45, 2.75) is 25.3 Å². The van der Waals surface area contributed by atoms with Gasteiger partial charge in [-0.1, -0.05) is 18.2 Å². The minimum Gasteiger partial charge on any atom is -0.325 e. The minimum absolute atomic E-state index is 0.0106. The molecule has 0 unspecified atom stereocenters. The molecule has 0 aromatic heterocycles. The molecule has 23 heavy (non-hydrogen) atoms. The highest BCUT2D eigenvalue weighted by atomic mass is 32.2. The number of anilines is 1. The van der Waals surface area contributed by atoms with Gasteiger partial charge < -0.3 is 5.32 Å². The van der Waals surface area contributed by atoms with Crippen molar-refractivity contribution in [3.8, 4) is 0 Å². The first-order valence-corrected chi connectivity index (χ1v) is 8.89. The van der Waals surface area contributed by atoms with Crippen molar-refractivity contribution >= 4 is 23.4 Å². The van der Waals surface area contributed by atoms with Crippen molar-refractivity contribution in [3.63, 3.8) is 0 Å². The second-order valence-corrected chi connectivity index (χ2v) is 6.75. The van der Waals surface area contributed by atoms with Crippen LogP contribution >= 0.6 is 11.8 Å². The van der Waals surface area contributed by atoms with Crippen LogP contribution < -0.4 is 5.32 Å². The molecule has 0 spiro atoms. The van der Waals surface area contributed by atoms with Crippen LogP contribution in [0.2, 0.25) is 0 Å². The number of nitrogens with zero attached hydrogens (tertiary/aromatic N) is 1. The smallest absolute Gasteiger partial charge is 0.238 e. The first-order valence-electron chi connectivity index (χ1n) is 7.66. The van der Waals surface area contributed by atoms with E-state index in [9.17, 15) is 4.79 Å². The number of thioether (sulfide) groups is 1. The topological polar surface area (TPSA) is 32.3 Å². The molecular weight excluding hydrogens is 304 g/mol. The molecular formula is C19H24N2OS. The molecule has 0 bridgehead atoms. The summed E-state index contributed by atoms with van der Waals surface area (Å²) in [6, 6.07) is 14.4. The zero-order valence-electron chi connectivity index (χ0n) is 14.2. The van der Waals surface area contributed by atoms with Gasteiger partial charge in [0.25, 0.3) is 0 Å². The Morgan fingerprint density at radius 3 is 2.39 bits per heavy atom. The third-order valence-electron chi connectivity index (χ3n) is 3.82. The Morgan fingerprint density at radius 2 is 1.78 bits per heavy atom. The van der Waals surface area contributed by atoms with E-state index in [0.717, 1.165) is 12.2 Å². The molecule has 0 fully saturated rings. The van der Waals surface area contributed by atoms with Crippen LogP contribution in [-0.4, -0.2) is 30.7 Å². The van der Waals surface area contributed by atoms with Crippen LogP contribution in [0.5, 0.6) is 0 Å². The first-order chi connectivity index (χ1) is 11.0. The fourth-order valence-electron chi connectivity index (χ4n) is 2.36. The molecule has 2 aromatic carbocycles. The molecule has 0 atom stereocenters. The van der Waals surface area contributed by atoms with Gasteiger partial charge in [0.1, 0.15) is 0 Å². The van der Waals surface area contributed by atoms with E-state index in [1.165, 1.54) is 21.6 Å². The number of likely N-dealkylation sites (N-methyl/N-ethyl adjacent to an activating group) is 1. The van der Waals surface area contributed by atoms with Crippen LogP contribution in [0.1, 0.15) is 16.7 Å². The molecule has 122 valence electrons. The Labute approximate surface area is 143 Å². The van der Waals surface area contributed by atoms with Crippen LogP contribution in [0, 0.1) is 13.8 Å². The molecule has 4 heteroatoms. The molecule has 3 nitrogen and oxygen atoms in total. The summed E-state index contributed by atoms with van der Waals surface area (Å²) in [5.74, 6) is 0.0106. The lowest BCUT2D eigenvalue weighted by Gasteiger charge is -2.17. The summed E-state index contributed by atoms with van der Waals surface area (Å²) < 4.78 is 0. The van der Waals surface area contributed by atoms with Crippen LogP contribution in [-0.2, 0) is 11.3 Å². The SMILES string of the molecule is CSc1ccc(CN(C)CC(=O)Nc2ccc(C)c(C)c2)cc1. The van der Waals surface area contributed by atoms with E-state index in [4.69, 9.17) is 0 Å². The van der Waals surface area contributed by atoms with Crippen LogP contribution in [0.25, 0.3) is 0 Å². The van der Waals surface area contributed by atoms with Crippen molar-refractivity contribution in [3.05, 3.63) is 59.2 Å². The van der Waals surface area contributed by atoms with Gasteiger partial charge in [-0.05, 0) is 68.1 Å². The Hall–Kier alpha value is -1.78. The highest BCUT2D eigenvalue weighted by Gasteiger charge is 2.08. The van der Waals surface area contributed by atoms with E-state index in [1.54, 1.807) is 11.8 Å². The van der Waals surface area contributed by atoms with Gasteiger partial charge in [-0.3, -0.25) is 9.69 Å². The van der Waals surface area contributed by atoms with E-state index in [-0.39, 0.29) is 5.91 Å². The van der Waals surface area contributed by atoms with Crippen LogP contribution in [0.15, 0.2) is 47.4 Å². The maximum atomic E-state index is 12.2. The highest BCUT2D eigenvalue weighted by molar-refractivity contribution is 7.98. The van der Waals surface area contributed by atoms with Crippen molar-refractivity contribution in [1.82, 2.24) is 4.90 Å². The van der Waals surface area contributed by atoms with E-state index < -0.39 is 0 Å². The van der Waals surface area contributed by atoms with Crippen LogP contribution in [0.4, 0.5) is 5.69 Å². The van der Waals surface area contributed by atoms with E-state index in [2.05, 4.69) is 49.7 Å². The summed E-state index contributed by atoms with van der Waals surface area (Å²) in [7, 11) is 1.96. The second-order valence-electron chi connectivity index (χ2n) is 5.87. The molecule has 0 aliphatic carbocycles. The number of aryl methyl sites for hydroxylation is 2. The van der Waals surface area contributed by atoms with Gasteiger partial charge in [0.2, 0.25) is 5.91 Å². The van der Waals surface area contributed by atoms with Crippen molar-refractivity contribution in [2.75, 3.05) is 25.2 Å². The third-order valence-corrected chi connectivity index (χ3v) is 4.56. The monoisotopic (exact) mass is 328 g/mol. The number of nitrogens with one attached hydrogen (secondary N) is 1. The van der Waals surface area contributed by atoms with Gasteiger partial charge in [0.05, 0.1) is 6.54 Å². The first kappa shape index (κ1) is 17.6. The fraction of sp³-hybridized carbons (Fsp3) is 0.316. The third kappa shape index (κ3) is 5.41. The molecule has 1 N–H and O–H groups in total. The molecule has 0 saturated heterocycles. The lowest BCUT2D eigenvalue weighted by Crippen LogP contribution is -2.29. The molecule has 0 heterocycles. The number of benzene rings is 2. The Kier molecular flexibility index (Phi) is 6.25. The fourth-order valence-corrected chi connectivity index (χ4v) is 2.77. The molecule has 0 radical (unpaired) electrons. The Morgan fingerprint density at radius 1 is 1.09 bits per heavy atom. The number of hydrogen-bond donors (Lipinski definition) is 1. The molecule has 1 amide bonds. The molecule has 2 aromatic rings. The largest absolute Gasteiger partial charge is 0.325 e. The summed E-state index contributed by atoms with van der Waals surface area (Å²) in [5.41, 5.74) is 4.49. The second kappa shape index (κ2) is 8.18. The molecule has 0 aliphatic heterocycles. The van der Waals surface area contributed by atoms with E-state index >= 15 is 0 Å². The predicted molar refractivity (Wildman–Crippen MR) is 99.1 cm³/mol. The van der Waals surface area contributed by atoms with E-state index in [1.807, 2.05) is 30.1 Å². The molecule has 2 rings (SSSR count). The van der Waals surface area contributed by atoms with Crippen molar-refractivity contribution in [1.29, 1.82) is 0 Å². The summed E-state index contributed by atoms with van der Waals surface area (Å²) in [6.07, 6.45) is 2.07. The van der Waals surface area contributed by atoms with Crippen molar-refractivity contribution < 1.29 is 4.79 Å². The zero-order chi connectivity index (χ0) is 16.8. The standard InChI is InChI=1S/C19H24N2OS/c1-14-5-8-17(11-15(14)2)20-19(22)13-21(3)12-16-6-9-18(23-4)10-7-16/h5-11H,12-13H2,1-4H3,(H,20,22). The minimum atomic E-state index is 0.0106. The normalized spacial score (nSPS) is 10.8. The van der Waals surface area contributed by atoms with Gasteiger partial charge in [-0.25, -0.2) is 0 Å². The Balaban J connectivity index is 1.87. The Bertz CT molecular complexity index is 668. The maximum absolute atomic E-state index is 12.2.